The first-order chi connectivity index (χ1) is 17.1. The van der Waals surface area contributed by atoms with E-state index in [4.69, 9.17) is 9.47 Å². The average Bonchev–Trinajstić information content (AvgIpc) is 2.93. The summed E-state index contributed by atoms with van der Waals surface area (Å²) in [6.07, 6.45) is 3.83. The van der Waals surface area contributed by atoms with E-state index in [9.17, 15) is 0 Å². The largest absolute Gasteiger partial charge is 0.497 e. The molecule has 1 aliphatic rings. The Hall–Kier alpha value is -3.84. The number of anilines is 3. The minimum absolute atomic E-state index is 0.763. The topological polar surface area (TPSA) is 62.8 Å². The lowest BCUT2D eigenvalue weighted by Gasteiger charge is -2.35. The summed E-state index contributed by atoms with van der Waals surface area (Å²) >= 11 is 0. The molecule has 3 heterocycles. The van der Waals surface area contributed by atoms with Crippen LogP contribution in [-0.4, -0.2) is 61.8 Å². The molecule has 180 valence electrons. The fourth-order valence-electron chi connectivity index (χ4n) is 4.46. The van der Waals surface area contributed by atoms with E-state index in [1.807, 2.05) is 42.7 Å². The van der Waals surface area contributed by atoms with Crippen molar-refractivity contribution in [3.63, 3.8) is 0 Å². The van der Waals surface area contributed by atoms with Crippen LogP contribution in [0.1, 0.15) is 6.92 Å². The van der Waals surface area contributed by atoms with Gasteiger partial charge in [-0.1, -0.05) is 19.1 Å². The highest BCUT2D eigenvalue weighted by Crippen LogP contribution is 2.32. The van der Waals surface area contributed by atoms with Crippen molar-refractivity contribution in [1.29, 1.82) is 0 Å². The van der Waals surface area contributed by atoms with Crippen LogP contribution >= 0.6 is 0 Å². The molecule has 0 bridgehead atoms. The highest BCUT2D eigenvalue weighted by atomic mass is 16.5. The molecule has 0 atom stereocenters. The van der Waals surface area contributed by atoms with Gasteiger partial charge in [0.25, 0.3) is 0 Å². The molecule has 0 aliphatic carbocycles. The second kappa shape index (κ2) is 10.2. The number of likely N-dealkylation sites (N-methyl/N-ethyl adjacent to an activating group) is 1. The number of nitrogens with one attached hydrogen (secondary N) is 1. The molecule has 0 spiro atoms. The predicted molar refractivity (Wildman–Crippen MR) is 142 cm³/mol. The molecule has 5 rings (SSSR count). The van der Waals surface area contributed by atoms with Gasteiger partial charge in [0.05, 0.1) is 26.1 Å². The molecule has 1 aliphatic heterocycles. The Balaban J connectivity index is 1.31. The molecule has 0 amide bonds. The first-order valence-electron chi connectivity index (χ1n) is 12.0. The maximum Gasteiger partial charge on any atom is 0.132 e. The SMILES string of the molecule is CCN1CCN(c2ccc(Nc3cc4ccc(-c5cc(OC)cc(OC)c5)cc4cn3)nc2)CC1. The van der Waals surface area contributed by atoms with E-state index in [1.54, 1.807) is 14.2 Å². The summed E-state index contributed by atoms with van der Waals surface area (Å²) in [5.74, 6) is 3.08. The molecule has 0 unspecified atom stereocenters. The van der Waals surface area contributed by atoms with Gasteiger partial charge >= 0.3 is 0 Å². The van der Waals surface area contributed by atoms with Crippen molar-refractivity contribution < 1.29 is 9.47 Å². The molecule has 7 nitrogen and oxygen atoms in total. The van der Waals surface area contributed by atoms with Crippen molar-refractivity contribution in [2.45, 2.75) is 6.92 Å². The van der Waals surface area contributed by atoms with Gasteiger partial charge in [-0.05, 0) is 59.5 Å². The molecule has 2 aromatic carbocycles. The normalized spacial score (nSPS) is 14.2. The van der Waals surface area contributed by atoms with Gasteiger partial charge in [0.1, 0.15) is 23.1 Å². The molecule has 0 saturated carbocycles. The minimum atomic E-state index is 0.763. The van der Waals surface area contributed by atoms with E-state index in [2.05, 4.69) is 56.3 Å². The summed E-state index contributed by atoms with van der Waals surface area (Å²) in [5, 5.41) is 5.50. The lowest BCUT2D eigenvalue weighted by atomic mass is 10.0. The molecule has 7 heteroatoms. The lowest BCUT2D eigenvalue weighted by Crippen LogP contribution is -2.46. The van der Waals surface area contributed by atoms with Crippen LogP contribution in [0.25, 0.3) is 21.9 Å². The van der Waals surface area contributed by atoms with Gasteiger partial charge in [0, 0.05) is 43.8 Å². The number of fused-ring (bicyclic) bond motifs is 1. The summed E-state index contributed by atoms with van der Waals surface area (Å²) < 4.78 is 10.8. The fraction of sp³-hybridized carbons (Fsp3) is 0.286. The smallest absolute Gasteiger partial charge is 0.132 e. The van der Waals surface area contributed by atoms with Crippen molar-refractivity contribution in [1.82, 2.24) is 14.9 Å². The number of ether oxygens (including phenoxy) is 2. The Morgan fingerprint density at radius 1 is 0.743 bits per heavy atom. The Morgan fingerprint density at radius 2 is 1.49 bits per heavy atom. The Labute approximate surface area is 206 Å². The highest BCUT2D eigenvalue weighted by molar-refractivity contribution is 5.89. The third kappa shape index (κ3) is 5.15. The highest BCUT2D eigenvalue weighted by Gasteiger charge is 2.16. The van der Waals surface area contributed by atoms with Crippen molar-refractivity contribution in [3.05, 3.63) is 67.0 Å². The zero-order valence-electron chi connectivity index (χ0n) is 20.5. The van der Waals surface area contributed by atoms with E-state index in [0.29, 0.717) is 0 Å². The van der Waals surface area contributed by atoms with Crippen LogP contribution in [0.3, 0.4) is 0 Å². The van der Waals surface area contributed by atoms with Crippen molar-refractivity contribution >= 4 is 28.1 Å². The van der Waals surface area contributed by atoms with E-state index in [-0.39, 0.29) is 0 Å². The van der Waals surface area contributed by atoms with Gasteiger partial charge in [-0.25, -0.2) is 9.97 Å². The van der Waals surface area contributed by atoms with Crippen molar-refractivity contribution in [2.75, 3.05) is 57.2 Å². The fourth-order valence-corrected chi connectivity index (χ4v) is 4.46. The molecule has 1 N–H and O–H groups in total. The van der Waals surface area contributed by atoms with Crippen molar-refractivity contribution in [2.24, 2.45) is 0 Å². The standard InChI is InChI=1S/C28H31N5O2/c1-4-32-9-11-33(12-10-32)24-7-8-27(30-19-24)31-28-16-21-6-5-20(13-23(21)18-29-28)22-14-25(34-2)17-26(15-22)35-3/h5-8,13-19H,4,9-12H2,1-3H3,(H,29,30,31). The second-order valence-corrected chi connectivity index (χ2v) is 8.68. The Kier molecular flexibility index (Phi) is 6.68. The van der Waals surface area contributed by atoms with E-state index in [1.165, 1.54) is 5.69 Å². The number of nitrogens with zero attached hydrogens (tertiary/aromatic N) is 4. The average molecular weight is 470 g/mol. The van der Waals surface area contributed by atoms with Gasteiger partial charge in [0.15, 0.2) is 0 Å². The molecular formula is C28H31N5O2. The molecular weight excluding hydrogens is 438 g/mol. The summed E-state index contributed by atoms with van der Waals surface area (Å²) in [5.41, 5.74) is 3.28. The van der Waals surface area contributed by atoms with Crippen LogP contribution in [-0.2, 0) is 0 Å². The molecule has 1 saturated heterocycles. The first kappa shape index (κ1) is 22.9. The third-order valence-electron chi connectivity index (χ3n) is 6.60. The summed E-state index contributed by atoms with van der Waals surface area (Å²) in [7, 11) is 3.32. The number of pyridine rings is 2. The van der Waals surface area contributed by atoms with Crippen LogP contribution in [0, 0.1) is 0 Å². The zero-order valence-corrected chi connectivity index (χ0v) is 20.5. The molecule has 2 aromatic heterocycles. The number of hydrogen-bond donors (Lipinski definition) is 1. The van der Waals surface area contributed by atoms with E-state index in [0.717, 1.165) is 77.8 Å². The number of methoxy groups -OCH3 is 2. The number of benzene rings is 2. The Bertz CT molecular complexity index is 1280. The Morgan fingerprint density at radius 3 is 2.14 bits per heavy atom. The van der Waals surface area contributed by atoms with Gasteiger partial charge in [-0.15, -0.1) is 0 Å². The first-order valence-corrected chi connectivity index (χ1v) is 12.0. The van der Waals surface area contributed by atoms with Crippen LogP contribution in [0.2, 0.25) is 0 Å². The predicted octanol–water partition coefficient (Wildman–Crippen LogP) is 5.20. The van der Waals surface area contributed by atoms with Crippen LogP contribution < -0.4 is 19.7 Å². The quantitative estimate of drug-likeness (QED) is 0.399. The maximum absolute atomic E-state index is 5.42. The zero-order chi connectivity index (χ0) is 24.2. The number of rotatable bonds is 7. The number of piperazine rings is 1. The van der Waals surface area contributed by atoms with Gasteiger partial charge < -0.3 is 24.6 Å². The maximum atomic E-state index is 5.42. The summed E-state index contributed by atoms with van der Waals surface area (Å²) in [6.45, 7) is 7.62. The van der Waals surface area contributed by atoms with Gasteiger partial charge in [0.2, 0.25) is 0 Å². The van der Waals surface area contributed by atoms with Crippen LogP contribution in [0.15, 0.2) is 67.0 Å². The van der Waals surface area contributed by atoms with E-state index >= 15 is 0 Å². The molecule has 4 aromatic rings. The molecule has 1 fully saturated rings. The third-order valence-corrected chi connectivity index (χ3v) is 6.60. The van der Waals surface area contributed by atoms with E-state index < -0.39 is 0 Å². The van der Waals surface area contributed by atoms with Crippen molar-refractivity contribution in [3.8, 4) is 22.6 Å². The number of hydrogen-bond acceptors (Lipinski definition) is 7. The second-order valence-electron chi connectivity index (χ2n) is 8.68. The summed E-state index contributed by atoms with van der Waals surface area (Å²) in [6, 6.07) is 18.4. The molecule has 0 radical (unpaired) electrons. The summed E-state index contributed by atoms with van der Waals surface area (Å²) in [4.78, 5) is 14.1. The van der Waals surface area contributed by atoms with Gasteiger partial charge in [-0.3, -0.25) is 0 Å². The van der Waals surface area contributed by atoms with Gasteiger partial charge in [-0.2, -0.15) is 0 Å². The van der Waals surface area contributed by atoms with Crippen LogP contribution in [0.4, 0.5) is 17.3 Å². The minimum Gasteiger partial charge on any atom is -0.497 e. The monoisotopic (exact) mass is 469 g/mol. The lowest BCUT2D eigenvalue weighted by molar-refractivity contribution is 0.271. The number of aromatic nitrogens is 2. The molecule has 35 heavy (non-hydrogen) atoms. The van der Waals surface area contributed by atoms with Crippen LogP contribution in [0.5, 0.6) is 11.5 Å².